The fourth-order valence-corrected chi connectivity index (χ4v) is 4.55. The number of ether oxygens (including phenoxy) is 1. The SMILES string of the molecule is CC(C)N1Cc2c(n(CC(=O)Nc3ccc(F)cn3)c3cc(C4CCOCC4)nn3c2=O)C1=O. The van der Waals surface area contributed by atoms with E-state index in [4.69, 9.17) is 4.74 Å². The second-order valence-electron chi connectivity index (χ2n) is 8.88. The topological polar surface area (TPSA) is 111 Å². The van der Waals surface area contributed by atoms with Gasteiger partial charge in [-0.25, -0.2) is 9.37 Å². The predicted molar refractivity (Wildman–Crippen MR) is 120 cm³/mol. The molecule has 2 aliphatic heterocycles. The smallest absolute Gasteiger partial charge is 0.280 e. The van der Waals surface area contributed by atoms with Crippen LogP contribution in [0.2, 0.25) is 0 Å². The standard InChI is InChI=1S/C23H25FN6O4/c1-13(2)28-11-16-21(23(28)33)29(12-19(31)26-18-4-3-15(24)10-25-18)20-9-17(27-30(20)22(16)32)14-5-7-34-8-6-14/h3-4,9-10,13-14H,5-8,11-12H2,1-2H3,(H,25,26,31). The van der Waals surface area contributed by atoms with Crippen LogP contribution >= 0.6 is 0 Å². The summed E-state index contributed by atoms with van der Waals surface area (Å²) in [4.78, 5) is 45.0. The molecule has 2 aliphatic rings. The zero-order valence-corrected chi connectivity index (χ0v) is 19.0. The number of carbonyl (C=O) groups excluding carboxylic acids is 2. The van der Waals surface area contributed by atoms with Gasteiger partial charge < -0.3 is 19.5 Å². The summed E-state index contributed by atoms with van der Waals surface area (Å²) in [5, 5.41) is 7.20. The molecule has 1 N–H and O–H groups in total. The Bertz CT molecular complexity index is 1320. The van der Waals surface area contributed by atoms with Crippen LogP contribution in [-0.4, -0.2) is 55.1 Å². The molecule has 11 heteroatoms. The molecule has 10 nitrogen and oxygen atoms in total. The number of nitrogens with one attached hydrogen (secondary N) is 1. The van der Waals surface area contributed by atoms with Crippen molar-refractivity contribution in [1.29, 1.82) is 0 Å². The van der Waals surface area contributed by atoms with Crippen molar-refractivity contribution in [2.24, 2.45) is 0 Å². The summed E-state index contributed by atoms with van der Waals surface area (Å²) in [6.45, 7) is 4.91. The zero-order valence-electron chi connectivity index (χ0n) is 19.0. The first-order valence-corrected chi connectivity index (χ1v) is 11.3. The molecule has 3 aromatic rings. The molecule has 0 aliphatic carbocycles. The van der Waals surface area contributed by atoms with Gasteiger partial charge in [0, 0.05) is 31.2 Å². The quantitative estimate of drug-likeness (QED) is 0.613. The molecule has 3 aromatic heterocycles. The molecular weight excluding hydrogens is 443 g/mol. The lowest BCUT2D eigenvalue weighted by molar-refractivity contribution is -0.116. The molecular formula is C23H25FN6O4. The molecule has 2 amide bonds. The van der Waals surface area contributed by atoms with Gasteiger partial charge in [-0.2, -0.15) is 9.61 Å². The highest BCUT2D eigenvalue weighted by atomic mass is 19.1. The highest BCUT2D eigenvalue weighted by molar-refractivity contribution is 5.98. The third kappa shape index (κ3) is 3.85. The maximum atomic E-state index is 13.3. The molecule has 0 unspecified atom stereocenters. The van der Waals surface area contributed by atoms with E-state index in [0.717, 1.165) is 24.7 Å². The lowest BCUT2D eigenvalue weighted by Crippen LogP contribution is -2.32. The summed E-state index contributed by atoms with van der Waals surface area (Å²) in [5.74, 6) is -0.956. The Morgan fingerprint density at radius 3 is 2.71 bits per heavy atom. The summed E-state index contributed by atoms with van der Waals surface area (Å²) in [5.41, 5.74) is 1.29. The first-order valence-electron chi connectivity index (χ1n) is 11.3. The van der Waals surface area contributed by atoms with Gasteiger partial charge >= 0.3 is 0 Å². The van der Waals surface area contributed by atoms with Crippen molar-refractivity contribution < 1.29 is 18.7 Å². The number of hydrogen-bond donors (Lipinski definition) is 1. The zero-order chi connectivity index (χ0) is 24.0. The number of anilines is 1. The summed E-state index contributed by atoms with van der Waals surface area (Å²) < 4.78 is 21.5. The van der Waals surface area contributed by atoms with E-state index in [1.807, 2.05) is 13.8 Å². The van der Waals surface area contributed by atoms with Crippen LogP contribution in [-0.2, 0) is 22.6 Å². The number of amides is 2. The molecule has 0 bridgehead atoms. The maximum Gasteiger partial charge on any atom is 0.280 e. The number of nitrogens with zero attached hydrogens (tertiary/aromatic N) is 5. The van der Waals surface area contributed by atoms with E-state index in [9.17, 15) is 18.8 Å². The minimum atomic E-state index is -0.516. The number of halogens is 1. The Morgan fingerprint density at radius 2 is 2.03 bits per heavy atom. The number of fused-ring (bicyclic) bond motifs is 2. The first-order chi connectivity index (χ1) is 16.3. The van der Waals surface area contributed by atoms with Gasteiger partial charge in [0.05, 0.1) is 24.0 Å². The third-order valence-corrected chi connectivity index (χ3v) is 6.34. The van der Waals surface area contributed by atoms with Gasteiger partial charge in [-0.3, -0.25) is 14.4 Å². The molecule has 0 aromatic carbocycles. The number of carbonyl (C=O) groups is 2. The minimum absolute atomic E-state index is 0.116. The van der Waals surface area contributed by atoms with Crippen LogP contribution in [0.4, 0.5) is 10.2 Å². The monoisotopic (exact) mass is 468 g/mol. The maximum absolute atomic E-state index is 13.3. The van der Waals surface area contributed by atoms with E-state index in [2.05, 4.69) is 15.4 Å². The molecule has 0 atom stereocenters. The molecule has 1 fully saturated rings. The van der Waals surface area contributed by atoms with Crippen molar-refractivity contribution in [3.05, 3.63) is 57.5 Å². The summed E-state index contributed by atoms with van der Waals surface area (Å²) in [6, 6.07) is 4.22. The number of aromatic nitrogens is 4. The minimum Gasteiger partial charge on any atom is -0.381 e. The van der Waals surface area contributed by atoms with Crippen LogP contribution in [0, 0.1) is 5.82 Å². The Kier molecular flexibility index (Phi) is 5.64. The Morgan fingerprint density at radius 1 is 1.26 bits per heavy atom. The second-order valence-corrected chi connectivity index (χ2v) is 8.88. The van der Waals surface area contributed by atoms with Crippen LogP contribution in [0.1, 0.15) is 54.4 Å². The summed E-state index contributed by atoms with van der Waals surface area (Å²) in [7, 11) is 0. The van der Waals surface area contributed by atoms with Crippen LogP contribution in [0.5, 0.6) is 0 Å². The van der Waals surface area contributed by atoms with Crippen LogP contribution in [0.3, 0.4) is 0 Å². The van der Waals surface area contributed by atoms with Crippen LogP contribution in [0.15, 0.2) is 29.2 Å². The Hall–Kier alpha value is -3.60. The van der Waals surface area contributed by atoms with Crippen LogP contribution in [0.25, 0.3) is 5.65 Å². The van der Waals surface area contributed by atoms with E-state index in [1.54, 1.807) is 15.5 Å². The Labute approximate surface area is 194 Å². The molecule has 5 heterocycles. The normalized spacial score (nSPS) is 16.5. The van der Waals surface area contributed by atoms with Gasteiger partial charge in [-0.15, -0.1) is 0 Å². The summed E-state index contributed by atoms with van der Waals surface area (Å²) >= 11 is 0. The van der Waals surface area contributed by atoms with E-state index < -0.39 is 11.7 Å². The van der Waals surface area contributed by atoms with Crippen LogP contribution < -0.4 is 10.9 Å². The van der Waals surface area contributed by atoms with E-state index in [1.165, 1.54) is 16.6 Å². The van der Waals surface area contributed by atoms with E-state index in [-0.39, 0.29) is 48.0 Å². The molecule has 34 heavy (non-hydrogen) atoms. The van der Waals surface area contributed by atoms with Gasteiger partial charge in [0.25, 0.3) is 11.5 Å². The van der Waals surface area contributed by atoms with E-state index >= 15 is 0 Å². The van der Waals surface area contributed by atoms with Gasteiger partial charge in [-0.05, 0) is 38.8 Å². The van der Waals surface area contributed by atoms with Crippen molar-refractivity contribution in [2.75, 3.05) is 18.5 Å². The largest absolute Gasteiger partial charge is 0.381 e. The number of hydrogen-bond acceptors (Lipinski definition) is 6. The van der Waals surface area contributed by atoms with Crippen molar-refractivity contribution in [3.8, 4) is 0 Å². The molecule has 1 saturated heterocycles. The lowest BCUT2D eigenvalue weighted by Gasteiger charge is -2.20. The van der Waals surface area contributed by atoms with Crippen molar-refractivity contribution >= 4 is 23.3 Å². The fraction of sp³-hybridized carbons (Fsp3) is 0.435. The van der Waals surface area contributed by atoms with Gasteiger partial charge in [0.15, 0.2) is 0 Å². The van der Waals surface area contributed by atoms with Crippen molar-refractivity contribution in [3.63, 3.8) is 0 Å². The van der Waals surface area contributed by atoms with Gasteiger partial charge in [0.1, 0.15) is 29.5 Å². The second kappa shape index (κ2) is 8.64. The molecule has 0 spiro atoms. The van der Waals surface area contributed by atoms with Crippen molar-refractivity contribution in [1.82, 2.24) is 24.1 Å². The fourth-order valence-electron chi connectivity index (χ4n) is 4.55. The average Bonchev–Trinajstić information content (AvgIpc) is 3.42. The Balaban J connectivity index is 1.59. The summed E-state index contributed by atoms with van der Waals surface area (Å²) in [6.07, 6.45) is 2.58. The third-order valence-electron chi connectivity index (χ3n) is 6.34. The number of rotatable bonds is 5. The van der Waals surface area contributed by atoms with Crippen molar-refractivity contribution in [2.45, 2.75) is 51.7 Å². The molecule has 0 saturated carbocycles. The predicted octanol–water partition coefficient (Wildman–Crippen LogP) is 1.93. The average molecular weight is 468 g/mol. The van der Waals surface area contributed by atoms with E-state index in [0.29, 0.717) is 24.4 Å². The van der Waals surface area contributed by atoms with Gasteiger partial charge in [0.2, 0.25) is 5.91 Å². The highest BCUT2D eigenvalue weighted by Gasteiger charge is 2.36. The molecule has 5 rings (SSSR count). The van der Waals surface area contributed by atoms with Gasteiger partial charge in [-0.1, -0.05) is 0 Å². The highest BCUT2D eigenvalue weighted by Crippen LogP contribution is 2.29. The lowest BCUT2D eigenvalue weighted by atomic mass is 9.97. The first kappa shape index (κ1) is 22.2. The molecule has 178 valence electrons. The molecule has 0 radical (unpaired) electrons. The number of pyridine rings is 1.